The van der Waals surface area contributed by atoms with Gasteiger partial charge in [-0.25, -0.2) is 0 Å². The molecule has 0 saturated carbocycles. The molecule has 0 aromatic heterocycles. The summed E-state index contributed by atoms with van der Waals surface area (Å²) in [5.41, 5.74) is 3.40. The minimum atomic E-state index is -0.263. The van der Waals surface area contributed by atoms with E-state index in [0.717, 1.165) is 24.1 Å². The molecule has 0 radical (unpaired) electrons. The Hall–Kier alpha value is -3.51. The molecule has 4 rings (SSSR count). The second-order valence-electron chi connectivity index (χ2n) is 7.43. The lowest BCUT2D eigenvalue weighted by molar-refractivity contribution is 0.0984. The smallest absolute Gasteiger partial charge is 0.258 e. The number of rotatable bonds is 5. The normalized spacial score (nSPS) is 12.7. The van der Waals surface area contributed by atoms with Gasteiger partial charge in [0.25, 0.3) is 11.8 Å². The zero-order chi connectivity index (χ0) is 22.7. The van der Waals surface area contributed by atoms with E-state index in [1.807, 2.05) is 12.1 Å². The number of ether oxygens (including phenoxy) is 2. The highest BCUT2D eigenvalue weighted by atomic mass is 35.5. The van der Waals surface area contributed by atoms with E-state index < -0.39 is 0 Å². The number of hydrogen-bond acceptors (Lipinski definition) is 4. The van der Waals surface area contributed by atoms with E-state index in [0.29, 0.717) is 39.9 Å². The predicted octanol–water partition coefficient (Wildman–Crippen LogP) is 5.20. The van der Waals surface area contributed by atoms with Crippen molar-refractivity contribution in [2.45, 2.75) is 12.8 Å². The van der Waals surface area contributed by atoms with Crippen molar-refractivity contribution < 1.29 is 19.1 Å². The molecule has 7 heteroatoms. The summed E-state index contributed by atoms with van der Waals surface area (Å²) in [6.45, 7) is 0.626. The van der Waals surface area contributed by atoms with E-state index in [2.05, 4.69) is 5.32 Å². The van der Waals surface area contributed by atoms with Gasteiger partial charge in [0.2, 0.25) is 0 Å². The molecule has 164 valence electrons. The summed E-state index contributed by atoms with van der Waals surface area (Å²) in [6, 6.07) is 17.5. The topological polar surface area (TPSA) is 67.9 Å². The fraction of sp³-hybridized carbons (Fsp3) is 0.200. The molecule has 1 N–H and O–H groups in total. The fourth-order valence-corrected chi connectivity index (χ4v) is 3.93. The fourth-order valence-electron chi connectivity index (χ4n) is 3.80. The van der Waals surface area contributed by atoms with Gasteiger partial charge in [-0.1, -0.05) is 11.6 Å². The average molecular weight is 451 g/mol. The number of carbonyl (C=O) groups is 2. The largest absolute Gasteiger partial charge is 0.497 e. The lowest BCUT2D eigenvalue weighted by Gasteiger charge is -2.30. The summed E-state index contributed by atoms with van der Waals surface area (Å²) in [7, 11) is 3.11. The second kappa shape index (κ2) is 9.32. The highest BCUT2D eigenvalue weighted by Crippen LogP contribution is 2.32. The van der Waals surface area contributed by atoms with Gasteiger partial charge in [0.05, 0.1) is 19.9 Å². The van der Waals surface area contributed by atoms with Crippen LogP contribution < -0.4 is 19.7 Å². The molecule has 6 nitrogen and oxygen atoms in total. The van der Waals surface area contributed by atoms with Crippen LogP contribution in [0.15, 0.2) is 60.7 Å². The lowest BCUT2D eigenvalue weighted by Crippen LogP contribution is -2.35. The van der Waals surface area contributed by atoms with E-state index in [9.17, 15) is 9.59 Å². The Bertz CT molecular complexity index is 1160. The zero-order valence-corrected chi connectivity index (χ0v) is 18.6. The van der Waals surface area contributed by atoms with Crippen molar-refractivity contribution in [2.24, 2.45) is 0 Å². The quantitative estimate of drug-likeness (QED) is 0.580. The maximum atomic E-state index is 13.0. The number of nitrogens with zero attached hydrogens (tertiary/aromatic N) is 1. The number of halogens is 1. The Morgan fingerprint density at radius 2 is 1.69 bits per heavy atom. The molecule has 3 aromatic carbocycles. The lowest BCUT2D eigenvalue weighted by atomic mass is 9.98. The highest BCUT2D eigenvalue weighted by Gasteiger charge is 2.24. The first-order chi connectivity index (χ1) is 15.5. The number of methoxy groups -OCH3 is 2. The minimum absolute atomic E-state index is 0.0825. The van der Waals surface area contributed by atoms with Crippen molar-refractivity contribution in [3.05, 3.63) is 82.4 Å². The molecule has 0 spiro atoms. The van der Waals surface area contributed by atoms with Gasteiger partial charge in [-0.3, -0.25) is 9.59 Å². The molecule has 2 amide bonds. The molecule has 0 aliphatic carbocycles. The van der Waals surface area contributed by atoms with Crippen LogP contribution in [0, 0.1) is 0 Å². The molecule has 0 bridgehead atoms. The van der Waals surface area contributed by atoms with Crippen LogP contribution in [-0.2, 0) is 6.42 Å². The van der Waals surface area contributed by atoms with Crippen molar-refractivity contribution in [2.75, 3.05) is 31.0 Å². The van der Waals surface area contributed by atoms with Crippen LogP contribution in [0.25, 0.3) is 0 Å². The third-order valence-corrected chi connectivity index (χ3v) is 5.70. The number of carbonyl (C=O) groups excluding carboxylic acids is 2. The zero-order valence-electron chi connectivity index (χ0n) is 17.9. The summed E-state index contributed by atoms with van der Waals surface area (Å²) in [4.78, 5) is 27.7. The van der Waals surface area contributed by atoms with Crippen LogP contribution in [0.1, 0.15) is 32.7 Å². The molecule has 0 unspecified atom stereocenters. The molecule has 0 fully saturated rings. The van der Waals surface area contributed by atoms with Gasteiger partial charge >= 0.3 is 0 Å². The Labute approximate surface area is 191 Å². The maximum absolute atomic E-state index is 13.0. The monoisotopic (exact) mass is 450 g/mol. The van der Waals surface area contributed by atoms with Crippen molar-refractivity contribution >= 4 is 34.8 Å². The third kappa shape index (κ3) is 4.41. The van der Waals surface area contributed by atoms with Crippen molar-refractivity contribution in [1.82, 2.24) is 0 Å². The van der Waals surface area contributed by atoms with Crippen LogP contribution in [0.4, 0.5) is 11.4 Å². The molecule has 3 aromatic rings. The van der Waals surface area contributed by atoms with Crippen LogP contribution in [0.2, 0.25) is 5.02 Å². The number of hydrogen-bond donors (Lipinski definition) is 1. The number of anilines is 2. The Balaban J connectivity index is 1.58. The highest BCUT2D eigenvalue weighted by molar-refractivity contribution is 6.30. The van der Waals surface area contributed by atoms with Crippen LogP contribution >= 0.6 is 11.6 Å². The van der Waals surface area contributed by atoms with Gasteiger partial charge in [0.1, 0.15) is 11.5 Å². The van der Waals surface area contributed by atoms with E-state index in [-0.39, 0.29) is 11.8 Å². The van der Waals surface area contributed by atoms with Gasteiger partial charge in [-0.05, 0) is 73.0 Å². The van der Waals surface area contributed by atoms with Gasteiger partial charge in [-0.15, -0.1) is 0 Å². The molecule has 1 aliphatic heterocycles. The summed E-state index contributed by atoms with van der Waals surface area (Å²) < 4.78 is 10.6. The first-order valence-electron chi connectivity index (χ1n) is 10.2. The molecule has 1 aliphatic rings. The summed E-state index contributed by atoms with van der Waals surface area (Å²) in [5, 5.41) is 3.47. The van der Waals surface area contributed by atoms with Crippen LogP contribution in [-0.4, -0.2) is 32.6 Å². The maximum Gasteiger partial charge on any atom is 0.258 e. The summed E-state index contributed by atoms with van der Waals surface area (Å²) in [6.07, 6.45) is 1.62. The van der Waals surface area contributed by atoms with Gasteiger partial charge < -0.3 is 19.7 Å². The first kappa shape index (κ1) is 21.7. The molecular formula is C25H23ClN2O4. The Morgan fingerprint density at radius 1 is 0.938 bits per heavy atom. The number of aryl methyl sites for hydroxylation is 1. The van der Waals surface area contributed by atoms with E-state index in [1.165, 1.54) is 0 Å². The van der Waals surface area contributed by atoms with Gasteiger partial charge in [-0.2, -0.15) is 0 Å². The standard InChI is InChI=1S/C25H23ClN2O4/c1-31-20-10-12-23(32-2)21(15-20)27-24(29)18-7-11-22-17(14-18)4-3-13-28(22)25(30)16-5-8-19(26)9-6-16/h5-12,14-15H,3-4,13H2,1-2H3,(H,27,29). The first-order valence-corrected chi connectivity index (χ1v) is 10.6. The number of nitrogens with one attached hydrogen (secondary N) is 1. The third-order valence-electron chi connectivity index (χ3n) is 5.45. The van der Waals surface area contributed by atoms with E-state index in [1.54, 1.807) is 67.7 Å². The van der Waals surface area contributed by atoms with Crippen LogP contribution in [0.5, 0.6) is 11.5 Å². The number of fused-ring (bicyclic) bond motifs is 1. The molecule has 0 atom stereocenters. The molecule has 32 heavy (non-hydrogen) atoms. The molecular weight excluding hydrogens is 428 g/mol. The average Bonchev–Trinajstić information content (AvgIpc) is 2.83. The minimum Gasteiger partial charge on any atom is -0.497 e. The van der Waals surface area contributed by atoms with Crippen molar-refractivity contribution in [3.8, 4) is 11.5 Å². The summed E-state index contributed by atoms with van der Waals surface area (Å²) in [5.74, 6) is 0.807. The SMILES string of the molecule is COc1ccc(OC)c(NC(=O)c2ccc3c(c2)CCCN3C(=O)c2ccc(Cl)cc2)c1. The van der Waals surface area contributed by atoms with Gasteiger partial charge in [0.15, 0.2) is 0 Å². The summed E-state index contributed by atoms with van der Waals surface area (Å²) >= 11 is 5.95. The molecule has 0 saturated heterocycles. The number of amides is 2. The second-order valence-corrected chi connectivity index (χ2v) is 7.87. The van der Waals surface area contributed by atoms with Crippen molar-refractivity contribution in [1.29, 1.82) is 0 Å². The van der Waals surface area contributed by atoms with E-state index >= 15 is 0 Å². The van der Waals surface area contributed by atoms with Crippen molar-refractivity contribution in [3.63, 3.8) is 0 Å². The van der Waals surface area contributed by atoms with E-state index in [4.69, 9.17) is 21.1 Å². The Kier molecular flexibility index (Phi) is 6.32. The Morgan fingerprint density at radius 3 is 2.41 bits per heavy atom. The number of benzene rings is 3. The predicted molar refractivity (Wildman–Crippen MR) is 125 cm³/mol. The van der Waals surface area contributed by atoms with Crippen LogP contribution in [0.3, 0.4) is 0 Å². The molecule has 1 heterocycles. The van der Waals surface area contributed by atoms with Gasteiger partial charge in [0, 0.05) is 34.4 Å².